The Kier molecular flexibility index (Phi) is 4.93. The van der Waals surface area contributed by atoms with Crippen LogP contribution in [0.3, 0.4) is 0 Å². The second kappa shape index (κ2) is 6.96. The quantitative estimate of drug-likeness (QED) is 0.925. The number of anilines is 1. The Bertz CT molecular complexity index is 641. The topological polar surface area (TPSA) is 49.4 Å². The molecule has 3 rings (SSSR count). The van der Waals surface area contributed by atoms with Crippen LogP contribution in [0.1, 0.15) is 50.2 Å². The number of nitrogens with zero attached hydrogens (tertiary/aromatic N) is 1. The lowest BCUT2D eigenvalue weighted by molar-refractivity contribution is -0.127. The highest BCUT2D eigenvalue weighted by Gasteiger charge is 2.36. The summed E-state index contributed by atoms with van der Waals surface area (Å²) in [4.78, 5) is 26.8. The summed E-state index contributed by atoms with van der Waals surface area (Å²) >= 11 is 0. The van der Waals surface area contributed by atoms with Crippen molar-refractivity contribution in [3.63, 3.8) is 0 Å². The van der Waals surface area contributed by atoms with E-state index in [4.69, 9.17) is 0 Å². The second-order valence-corrected chi connectivity index (χ2v) is 7.55. The van der Waals surface area contributed by atoms with Gasteiger partial charge in [-0.2, -0.15) is 0 Å². The molecule has 1 N–H and O–H groups in total. The standard InChI is InChI=1S/C20H28N2O2/c1-13-8-9-17(10-15(13)3)22-12-16(11-19(22)23)20(24)21-18-7-5-4-6-14(18)2/h8-10,14,16,18H,4-7,11-12H2,1-3H3,(H,21,24)/t14-,16+,18+/m0/s1. The molecule has 24 heavy (non-hydrogen) atoms. The molecule has 1 saturated carbocycles. The lowest BCUT2D eigenvalue weighted by Crippen LogP contribution is -2.44. The Morgan fingerprint density at radius 2 is 1.92 bits per heavy atom. The van der Waals surface area contributed by atoms with E-state index in [-0.39, 0.29) is 23.8 Å². The molecule has 1 heterocycles. The Morgan fingerprint density at radius 1 is 1.17 bits per heavy atom. The largest absolute Gasteiger partial charge is 0.353 e. The zero-order valence-corrected chi connectivity index (χ0v) is 15.0. The molecular weight excluding hydrogens is 300 g/mol. The average Bonchev–Trinajstić information content (AvgIpc) is 2.94. The minimum atomic E-state index is -0.228. The van der Waals surface area contributed by atoms with Crippen LogP contribution in [-0.4, -0.2) is 24.4 Å². The Labute approximate surface area is 144 Å². The zero-order valence-electron chi connectivity index (χ0n) is 15.0. The molecule has 0 aromatic heterocycles. The summed E-state index contributed by atoms with van der Waals surface area (Å²) in [7, 11) is 0. The molecule has 1 aromatic rings. The minimum Gasteiger partial charge on any atom is -0.353 e. The summed E-state index contributed by atoms with van der Waals surface area (Å²) in [6.07, 6.45) is 5.02. The van der Waals surface area contributed by atoms with E-state index in [1.165, 1.54) is 30.4 Å². The van der Waals surface area contributed by atoms with Crippen LogP contribution in [0, 0.1) is 25.7 Å². The second-order valence-electron chi connectivity index (χ2n) is 7.55. The van der Waals surface area contributed by atoms with Gasteiger partial charge >= 0.3 is 0 Å². The molecule has 0 spiro atoms. The van der Waals surface area contributed by atoms with Crippen LogP contribution in [0.4, 0.5) is 5.69 Å². The lowest BCUT2D eigenvalue weighted by Gasteiger charge is -2.30. The van der Waals surface area contributed by atoms with E-state index in [0.29, 0.717) is 18.9 Å². The fourth-order valence-corrected chi connectivity index (χ4v) is 3.86. The molecular formula is C20H28N2O2. The number of rotatable bonds is 3. The molecule has 130 valence electrons. The van der Waals surface area contributed by atoms with Crippen molar-refractivity contribution in [2.45, 2.75) is 58.9 Å². The van der Waals surface area contributed by atoms with E-state index in [1.807, 2.05) is 25.1 Å². The monoisotopic (exact) mass is 328 g/mol. The van der Waals surface area contributed by atoms with Gasteiger partial charge in [0, 0.05) is 24.7 Å². The van der Waals surface area contributed by atoms with Gasteiger partial charge in [-0.15, -0.1) is 0 Å². The number of carbonyl (C=O) groups is 2. The van der Waals surface area contributed by atoms with Gasteiger partial charge < -0.3 is 10.2 Å². The van der Waals surface area contributed by atoms with Gasteiger partial charge in [-0.1, -0.05) is 25.8 Å². The van der Waals surface area contributed by atoms with Gasteiger partial charge in [0.05, 0.1) is 5.92 Å². The van der Waals surface area contributed by atoms with Crippen molar-refractivity contribution in [3.8, 4) is 0 Å². The van der Waals surface area contributed by atoms with E-state index in [0.717, 1.165) is 12.1 Å². The van der Waals surface area contributed by atoms with Gasteiger partial charge in [0.2, 0.25) is 11.8 Å². The molecule has 1 aliphatic carbocycles. The molecule has 4 nitrogen and oxygen atoms in total. The lowest BCUT2D eigenvalue weighted by atomic mass is 9.85. The third-order valence-electron chi connectivity index (χ3n) is 5.74. The minimum absolute atomic E-state index is 0.0495. The maximum atomic E-state index is 12.6. The van der Waals surface area contributed by atoms with Gasteiger partial charge in [-0.3, -0.25) is 9.59 Å². The van der Waals surface area contributed by atoms with Crippen LogP contribution in [0.2, 0.25) is 0 Å². The third kappa shape index (κ3) is 3.47. The van der Waals surface area contributed by atoms with Crippen molar-refractivity contribution in [2.75, 3.05) is 11.4 Å². The number of nitrogens with one attached hydrogen (secondary N) is 1. The Balaban J connectivity index is 1.65. The highest BCUT2D eigenvalue weighted by atomic mass is 16.2. The van der Waals surface area contributed by atoms with Gasteiger partial charge in [-0.25, -0.2) is 0 Å². The van der Waals surface area contributed by atoms with Crippen molar-refractivity contribution < 1.29 is 9.59 Å². The van der Waals surface area contributed by atoms with Crippen molar-refractivity contribution in [2.24, 2.45) is 11.8 Å². The number of aryl methyl sites for hydroxylation is 2. The average molecular weight is 328 g/mol. The van der Waals surface area contributed by atoms with Crippen LogP contribution in [0.5, 0.6) is 0 Å². The van der Waals surface area contributed by atoms with Gasteiger partial charge in [0.25, 0.3) is 0 Å². The molecule has 0 unspecified atom stereocenters. The number of benzene rings is 1. The number of hydrogen-bond donors (Lipinski definition) is 1. The van der Waals surface area contributed by atoms with E-state index < -0.39 is 0 Å². The molecule has 1 aromatic carbocycles. The van der Waals surface area contributed by atoms with Crippen LogP contribution >= 0.6 is 0 Å². The summed E-state index contributed by atoms with van der Waals surface area (Å²) < 4.78 is 0. The predicted molar refractivity (Wildman–Crippen MR) is 95.9 cm³/mol. The molecule has 2 aliphatic rings. The van der Waals surface area contributed by atoms with Gasteiger partial charge in [0.15, 0.2) is 0 Å². The van der Waals surface area contributed by atoms with Crippen LogP contribution < -0.4 is 10.2 Å². The first-order valence-electron chi connectivity index (χ1n) is 9.13. The van der Waals surface area contributed by atoms with Gasteiger partial charge in [-0.05, 0) is 55.9 Å². The van der Waals surface area contributed by atoms with Crippen LogP contribution in [0.25, 0.3) is 0 Å². The van der Waals surface area contributed by atoms with Crippen molar-refractivity contribution >= 4 is 17.5 Å². The maximum absolute atomic E-state index is 12.6. The van der Waals surface area contributed by atoms with Crippen molar-refractivity contribution in [1.29, 1.82) is 0 Å². The van der Waals surface area contributed by atoms with E-state index >= 15 is 0 Å². The maximum Gasteiger partial charge on any atom is 0.227 e. The first-order chi connectivity index (χ1) is 11.5. The number of amides is 2. The highest BCUT2D eigenvalue weighted by molar-refractivity contribution is 6.00. The first-order valence-corrected chi connectivity index (χ1v) is 9.13. The summed E-state index contributed by atoms with van der Waals surface area (Å²) in [6.45, 7) is 6.82. The fourth-order valence-electron chi connectivity index (χ4n) is 3.86. The molecule has 0 radical (unpaired) electrons. The zero-order chi connectivity index (χ0) is 17.3. The van der Waals surface area contributed by atoms with Crippen molar-refractivity contribution in [1.82, 2.24) is 5.32 Å². The Morgan fingerprint density at radius 3 is 2.62 bits per heavy atom. The van der Waals surface area contributed by atoms with Crippen molar-refractivity contribution in [3.05, 3.63) is 29.3 Å². The highest BCUT2D eigenvalue weighted by Crippen LogP contribution is 2.28. The molecule has 2 amide bonds. The van der Waals surface area contributed by atoms with E-state index in [2.05, 4.69) is 19.2 Å². The third-order valence-corrected chi connectivity index (χ3v) is 5.74. The molecule has 2 fully saturated rings. The molecule has 4 heteroatoms. The summed E-state index contributed by atoms with van der Waals surface area (Å²) in [6, 6.07) is 6.33. The molecule has 3 atom stereocenters. The molecule has 1 aliphatic heterocycles. The van der Waals surface area contributed by atoms with E-state index in [9.17, 15) is 9.59 Å². The summed E-state index contributed by atoms with van der Waals surface area (Å²) in [5.74, 6) is 0.410. The Hall–Kier alpha value is -1.84. The normalized spacial score (nSPS) is 27.4. The van der Waals surface area contributed by atoms with Crippen LogP contribution in [-0.2, 0) is 9.59 Å². The number of hydrogen-bond acceptors (Lipinski definition) is 2. The molecule has 0 bridgehead atoms. The molecule has 1 saturated heterocycles. The first kappa shape index (κ1) is 17.0. The van der Waals surface area contributed by atoms with E-state index in [1.54, 1.807) is 4.90 Å². The predicted octanol–water partition coefficient (Wildman–Crippen LogP) is 3.35. The summed E-state index contributed by atoms with van der Waals surface area (Å²) in [5, 5.41) is 3.21. The summed E-state index contributed by atoms with van der Waals surface area (Å²) in [5.41, 5.74) is 3.29. The smallest absolute Gasteiger partial charge is 0.227 e. The number of carbonyl (C=O) groups excluding carboxylic acids is 2. The SMILES string of the molecule is Cc1ccc(N2C[C@H](C(=O)N[C@@H]3CCCC[C@@H]3C)CC2=O)cc1C. The van der Waals surface area contributed by atoms with Gasteiger partial charge in [0.1, 0.15) is 0 Å². The fraction of sp³-hybridized carbons (Fsp3) is 0.600. The van der Waals surface area contributed by atoms with Crippen LogP contribution in [0.15, 0.2) is 18.2 Å².